The van der Waals surface area contributed by atoms with Crippen LogP contribution in [-0.4, -0.2) is 13.4 Å². The molecule has 0 atom stereocenters. The normalized spacial score (nSPS) is 11.3. The van der Waals surface area contributed by atoms with E-state index in [1.54, 1.807) is 12.1 Å². The molecule has 0 amide bonds. The second-order valence-corrected chi connectivity index (χ2v) is 7.74. The standard InChI is InChI=1S/C18H14Cl2N2O2S/c19-17-11-10-16(18(20)21-17)25(23,24)22-15-9-5-4-8-14(15)12-13-6-2-1-3-7-13/h1-11,22H,12H2. The SMILES string of the molecule is O=S(=O)(Nc1ccccc1Cc1ccccc1)c1ccc(Cl)nc1Cl. The fourth-order valence-electron chi connectivity index (χ4n) is 2.39. The van der Waals surface area contributed by atoms with Gasteiger partial charge in [0, 0.05) is 0 Å². The molecule has 4 nitrogen and oxygen atoms in total. The molecule has 1 N–H and O–H groups in total. The molecule has 0 saturated heterocycles. The minimum absolute atomic E-state index is 0.118. The van der Waals surface area contributed by atoms with Crippen molar-refractivity contribution in [1.82, 2.24) is 4.98 Å². The van der Waals surface area contributed by atoms with Crippen LogP contribution in [0.5, 0.6) is 0 Å². The highest BCUT2D eigenvalue weighted by Crippen LogP contribution is 2.26. The van der Waals surface area contributed by atoms with E-state index >= 15 is 0 Å². The van der Waals surface area contributed by atoms with E-state index in [4.69, 9.17) is 23.2 Å². The van der Waals surface area contributed by atoms with Gasteiger partial charge in [-0.25, -0.2) is 13.4 Å². The lowest BCUT2D eigenvalue weighted by Gasteiger charge is -2.13. The third kappa shape index (κ3) is 4.31. The molecule has 0 aliphatic heterocycles. The zero-order valence-electron chi connectivity index (χ0n) is 13.0. The molecular weight excluding hydrogens is 379 g/mol. The molecule has 1 heterocycles. The van der Waals surface area contributed by atoms with Crippen molar-refractivity contribution in [2.45, 2.75) is 11.3 Å². The molecule has 0 spiro atoms. The first-order chi connectivity index (χ1) is 12.0. The third-order valence-electron chi connectivity index (χ3n) is 3.57. The minimum atomic E-state index is -3.88. The quantitative estimate of drug-likeness (QED) is 0.635. The number of anilines is 1. The zero-order chi connectivity index (χ0) is 17.9. The minimum Gasteiger partial charge on any atom is -0.279 e. The predicted octanol–water partition coefficient (Wildman–Crippen LogP) is 4.78. The van der Waals surface area contributed by atoms with Gasteiger partial charge in [0.25, 0.3) is 10.0 Å². The summed E-state index contributed by atoms with van der Waals surface area (Å²) in [5.41, 5.74) is 2.44. The molecule has 1 aromatic heterocycles. The molecule has 0 saturated carbocycles. The fourth-order valence-corrected chi connectivity index (χ4v) is 4.15. The van der Waals surface area contributed by atoms with E-state index in [9.17, 15) is 8.42 Å². The van der Waals surface area contributed by atoms with Crippen molar-refractivity contribution >= 4 is 38.9 Å². The van der Waals surface area contributed by atoms with Crippen molar-refractivity contribution in [2.24, 2.45) is 0 Å². The lowest BCUT2D eigenvalue weighted by atomic mass is 10.0. The first-order valence-electron chi connectivity index (χ1n) is 7.42. The van der Waals surface area contributed by atoms with Crippen LogP contribution in [0.25, 0.3) is 0 Å². The monoisotopic (exact) mass is 392 g/mol. The third-order valence-corrected chi connectivity index (χ3v) is 5.58. The largest absolute Gasteiger partial charge is 0.279 e. The van der Waals surface area contributed by atoms with Gasteiger partial charge in [-0.15, -0.1) is 0 Å². The van der Waals surface area contributed by atoms with Crippen molar-refractivity contribution in [3.8, 4) is 0 Å². The fraction of sp³-hybridized carbons (Fsp3) is 0.0556. The first-order valence-corrected chi connectivity index (χ1v) is 9.66. The van der Waals surface area contributed by atoms with Gasteiger partial charge in [0.1, 0.15) is 10.0 Å². The average molecular weight is 393 g/mol. The van der Waals surface area contributed by atoms with Crippen LogP contribution in [0.2, 0.25) is 10.3 Å². The van der Waals surface area contributed by atoms with Crippen LogP contribution in [-0.2, 0) is 16.4 Å². The van der Waals surface area contributed by atoms with E-state index < -0.39 is 10.0 Å². The molecule has 3 aromatic rings. The molecule has 128 valence electrons. The van der Waals surface area contributed by atoms with Crippen LogP contribution in [0.15, 0.2) is 71.6 Å². The Morgan fingerprint density at radius 1 is 0.880 bits per heavy atom. The summed E-state index contributed by atoms with van der Waals surface area (Å²) in [7, 11) is -3.88. The summed E-state index contributed by atoms with van der Waals surface area (Å²) in [4.78, 5) is 3.67. The van der Waals surface area contributed by atoms with Crippen molar-refractivity contribution in [3.63, 3.8) is 0 Å². The number of rotatable bonds is 5. The predicted molar refractivity (Wildman–Crippen MR) is 101 cm³/mol. The lowest BCUT2D eigenvalue weighted by Crippen LogP contribution is -2.15. The zero-order valence-corrected chi connectivity index (χ0v) is 15.3. The number of halogens is 2. The van der Waals surface area contributed by atoms with Crippen molar-refractivity contribution in [1.29, 1.82) is 0 Å². The highest BCUT2D eigenvalue weighted by atomic mass is 35.5. The molecule has 2 aromatic carbocycles. The number of nitrogens with one attached hydrogen (secondary N) is 1. The van der Waals surface area contributed by atoms with Crippen LogP contribution in [0.1, 0.15) is 11.1 Å². The molecule has 25 heavy (non-hydrogen) atoms. The Bertz CT molecular complexity index is 993. The Morgan fingerprint density at radius 2 is 1.56 bits per heavy atom. The number of benzene rings is 2. The second-order valence-electron chi connectivity index (χ2n) is 5.35. The van der Waals surface area contributed by atoms with E-state index in [1.165, 1.54) is 12.1 Å². The second kappa shape index (κ2) is 7.44. The van der Waals surface area contributed by atoms with Gasteiger partial charge in [-0.2, -0.15) is 0 Å². The highest BCUT2D eigenvalue weighted by Gasteiger charge is 2.20. The van der Waals surface area contributed by atoms with Gasteiger partial charge in [0.05, 0.1) is 5.69 Å². The van der Waals surface area contributed by atoms with Gasteiger partial charge >= 0.3 is 0 Å². The van der Waals surface area contributed by atoms with Crippen molar-refractivity contribution in [3.05, 3.63) is 88.2 Å². The average Bonchev–Trinajstić information content (AvgIpc) is 2.57. The molecule has 0 unspecified atom stereocenters. The molecule has 0 fully saturated rings. The van der Waals surface area contributed by atoms with E-state index in [0.717, 1.165) is 11.1 Å². The Morgan fingerprint density at radius 3 is 2.28 bits per heavy atom. The van der Waals surface area contributed by atoms with Crippen molar-refractivity contribution < 1.29 is 8.42 Å². The Hall–Kier alpha value is -2.08. The van der Waals surface area contributed by atoms with E-state index in [2.05, 4.69) is 9.71 Å². The number of sulfonamides is 1. The molecule has 0 bridgehead atoms. The summed E-state index contributed by atoms with van der Waals surface area (Å²) < 4.78 is 27.9. The number of hydrogen-bond acceptors (Lipinski definition) is 3. The summed E-state index contributed by atoms with van der Waals surface area (Å²) >= 11 is 11.7. The summed E-state index contributed by atoms with van der Waals surface area (Å²) in [6.45, 7) is 0. The Labute approximate surface area is 156 Å². The van der Waals surface area contributed by atoms with Crippen LogP contribution in [0.4, 0.5) is 5.69 Å². The van der Waals surface area contributed by atoms with Crippen LogP contribution in [0, 0.1) is 0 Å². The maximum atomic E-state index is 12.7. The van der Waals surface area contributed by atoms with Gasteiger partial charge < -0.3 is 0 Å². The van der Waals surface area contributed by atoms with Crippen LogP contribution >= 0.6 is 23.2 Å². The first kappa shape index (κ1) is 17.7. The lowest BCUT2D eigenvalue weighted by molar-refractivity contribution is 0.601. The van der Waals surface area contributed by atoms with Gasteiger partial charge in [0.2, 0.25) is 0 Å². The Balaban J connectivity index is 1.92. The molecule has 3 rings (SSSR count). The molecule has 0 radical (unpaired) electrons. The Kier molecular flexibility index (Phi) is 5.27. The molecule has 7 heteroatoms. The van der Waals surface area contributed by atoms with Crippen LogP contribution < -0.4 is 4.72 Å². The van der Waals surface area contributed by atoms with E-state index in [0.29, 0.717) is 12.1 Å². The van der Waals surface area contributed by atoms with E-state index in [-0.39, 0.29) is 15.2 Å². The van der Waals surface area contributed by atoms with Gasteiger partial charge in [-0.05, 0) is 35.7 Å². The molecule has 0 aliphatic carbocycles. The summed E-state index contributed by atoms with van der Waals surface area (Å²) in [5.74, 6) is 0. The van der Waals surface area contributed by atoms with Crippen LogP contribution in [0.3, 0.4) is 0 Å². The molecular formula is C18H14Cl2N2O2S. The summed E-state index contributed by atoms with van der Waals surface area (Å²) in [5, 5.41) is -0.0334. The molecule has 0 aliphatic rings. The smallest absolute Gasteiger partial charge is 0.264 e. The summed E-state index contributed by atoms with van der Waals surface area (Å²) in [6.07, 6.45) is 0.603. The highest BCUT2D eigenvalue weighted by molar-refractivity contribution is 7.92. The number of aromatic nitrogens is 1. The summed E-state index contributed by atoms with van der Waals surface area (Å²) in [6, 6.07) is 19.8. The number of para-hydroxylation sites is 1. The number of hydrogen-bond donors (Lipinski definition) is 1. The maximum absolute atomic E-state index is 12.7. The number of pyridine rings is 1. The van der Waals surface area contributed by atoms with Gasteiger partial charge in [-0.3, -0.25) is 4.72 Å². The van der Waals surface area contributed by atoms with Gasteiger partial charge in [-0.1, -0.05) is 71.7 Å². The number of nitrogens with zero attached hydrogens (tertiary/aromatic N) is 1. The maximum Gasteiger partial charge on any atom is 0.264 e. The van der Waals surface area contributed by atoms with Crippen molar-refractivity contribution in [2.75, 3.05) is 4.72 Å². The van der Waals surface area contributed by atoms with E-state index in [1.807, 2.05) is 42.5 Å². The van der Waals surface area contributed by atoms with Gasteiger partial charge in [0.15, 0.2) is 5.15 Å². The topological polar surface area (TPSA) is 59.1 Å².